The molecule has 0 radical (unpaired) electrons. The molecule has 2 heteroatoms. The van der Waals surface area contributed by atoms with E-state index in [1.165, 1.54) is 5.56 Å². The van der Waals surface area contributed by atoms with Crippen molar-refractivity contribution >= 4 is 0 Å². The van der Waals surface area contributed by atoms with E-state index in [2.05, 4.69) is 64.2 Å². The minimum absolute atomic E-state index is 0.257. The summed E-state index contributed by atoms with van der Waals surface area (Å²) >= 11 is 0. The van der Waals surface area contributed by atoms with E-state index in [9.17, 15) is 0 Å². The smallest absolute Gasteiger partial charge is 0.123 e. The van der Waals surface area contributed by atoms with E-state index in [1.807, 2.05) is 0 Å². The Hall–Kier alpha value is -1.02. The lowest BCUT2D eigenvalue weighted by Crippen LogP contribution is -2.35. The molecule has 2 nitrogen and oxygen atoms in total. The number of hydrogen-bond acceptors (Lipinski definition) is 2. The third-order valence-electron chi connectivity index (χ3n) is 3.20. The summed E-state index contributed by atoms with van der Waals surface area (Å²) in [6.07, 6.45) is 2.49. The van der Waals surface area contributed by atoms with Crippen LogP contribution in [0.3, 0.4) is 0 Å². The molecule has 0 saturated carbocycles. The van der Waals surface area contributed by atoms with Crippen LogP contribution in [0.15, 0.2) is 24.3 Å². The van der Waals surface area contributed by atoms with E-state index < -0.39 is 0 Å². The molecule has 1 aromatic rings. The maximum absolute atomic E-state index is 6.24. The van der Waals surface area contributed by atoms with Crippen molar-refractivity contribution in [3.05, 3.63) is 29.8 Å². The molecule has 1 unspecified atom stereocenters. The van der Waals surface area contributed by atoms with Gasteiger partial charge in [0.25, 0.3) is 0 Å². The standard InChI is InChI=1S/C17H29NO/c1-6-9-15(12-18-14(4)5)19-17-11-8-7-10-16(17)13(2)3/h7-8,10-11,13-15,18H,6,9,12H2,1-5H3. The molecule has 1 rings (SSSR count). The van der Waals surface area contributed by atoms with Gasteiger partial charge in [0.2, 0.25) is 0 Å². The third-order valence-corrected chi connectivity index (χ3v) is 3.20. The molecule has 0 bridgehead atoms. The van der Waals surface area contributed by atoms with Crippen molar-refractivity contribution in [3.63, 3.8) is 0 Å². The van der Waals surface area contributed by atoms with E-state index in [0.717, 1.165) is 25.1 Å². The van der Waals surface area contributed by atoms with Crippen molar-refractivity contribution in [2.24, 2.45) is 0 Å². The van der Waals surface area contributed by atoms with Crippen molar-refractivity contribution in [1.29, 1.82) is 0 Å². The molecule has 0 aliphatic carbocycles. The fourth-order valence-electron chi connectivity index (χ4n) is 2.14. The number of ether oxygens (including phenoxy) is 1. The first-order chi connectivity index (χ1) is 9.04. The van der Waals surface area contributed by atoms with Crippen molar-refractivity contribution in [2.45, 2.75) is 65.5 Å². The Morgan fingerprint density at radius 1 is 1.11 bits per heavy atom. The highest BCUT2D eigenvalue weighted by Crippen LogP contribution is 2.27. The van der Waals surface area contributed by atoms with Crippen LogP contribution in [-0.4, -0.2) is 18.7 Å². The van der Waals surface area contributed by atoms with E-state index in [-0.39, 0.29) is 6.10 Å². The van der Waals surface area contributed by atoms with Crippen molar-refractivity contribution in [3.8, 4) is 5.75 Å². The highest BCUT2D eigenvalue weighted by atomic mass is 16.5. The highest BCUT2D eigenvalue weighted by molar-refractivity contribution is 5.35. The summed E-state index contributed by atoms with van der Waals surface area (Å²) in [6, 6.07) is 8.90. The molecular formula is C17H29NO. The lowest BCUT2D eigenvalue weighted by molar-refractivity contribution is 0.181. The number of rotatable bonds is 8. The zero-order valence-corrected chi connectivity index (χ0v) is 13.1. The molecule has 0 amide bonds. The molecule has 0 aliphatic heterocycles. The molecule has 0 spiro atoms. The lowest BCUT2D eigenvalue weighted by atomic mass is 10.0. The molecule has 0 saturated heterocycles. The summed E-state index contributed by atoms with van der Waals surface area (Å²) in [4.78, 5) is 0. The minimum atomic E-state index is 0.257. The molecule has 1 aromatic carbocycles. The quantitative estimate of drug-likeness (QED) is 0.752. The van der Waals surface area contributed by atoms with Crippen LogP contribution in [0.1, 0.15) is 58.9 Å². The second-order valence-electron chi connectivity index (χ2n) is 5.78. The van der Waals surface area contributed by atoms with Gasteiger partial charge in [-0.3, -0.25) is 0 Å². The molecular weight excluding hydrogens is 234 g/mol. The fourth-order valence-corrected chi connectivity index (χ4v) is 2.14. The first kappa shape index (κ1) is 16.0. The van der Waals surface area contributed by atoms with Crippen molar-refractivity contribution in [2.75, 3.05) is 6.54 Å². The van der Waals surface area contributed by atoms with Crippen LogP contribution in [0.4, 0.5) is 0 Å². The minimum Gasteiger partial charge on any atom is -0.489 e. The van der Waals surface area contributed by atoms with Gasteiger partial charge in [0, 0.05) is 12.6 Å². The van der Waals surface area contributed by atoms with Gasteiger partial charge < -0.3 is 10.1 Å². The molecule has 19 heavy (non-hydrogen) atoms. The SMILES string of the molecule is CCCC(CNC(C)C)Oc1ccccc1C(C)C. The average Bonchev–Trinajstić information content (AvgIpc) is 2.36. The average molecular weight is 263 g/mol. The van der Waals surface area contributed by atoms with Gasteiger partial charge in [0.05, 0.1) is 0 Å². The number of nitrogens with one attached hydrogen (secondary N) is 1. The van der Waals surface area contributed by atoms with Crippen LogP contribution in [0.2, 0.25) is 0 Å². The number of benzene rings is 1. The summed E-state index contributed by atoms with van der Waals surface area (Å²) < 4.78 is 6.24. The summed E-state index contributed by atoms with van der Waals surface area (Å²) in [5.41, 5.74) is 1.30. The third kappa shape index (κ3) is 5.65. The highest BCUT2D eigenvalue weighted by Gasteiger charge is 2.13. The second kappa shape index (κ2) is 8.21. The maximum atomic E-state index is 6.24. The molecule has 0 heterocycles. The topological polar surface area (TPSA) is 21.3 Å². The molecule has 108 valence electrons. The predicted octanol–water partition coefficient (Wildman–Crippen LogP) is 4.36. The Kier molecular flexibility index (Phi) is 6.93. The van der Waals surface area contributed by atoms with Crippen molar-refractivity contribution in [1.82, 2.24) is 5.32 Å². The normalized spacial score (nSPS) is 13.0. The van der Waals surface area contributed by atoms with Crippen LogP contribution in [0, 0.1) is 0 Å². The Morgan fingerprint density at radius 2 is 1.79 bits per heavy atom. The van der Waals surface area contributed by atoms with Gasteiger partial charge in [0.15, 0.2) is 0 Å². The molecule has 0 aromatic heterocycles. The van der Waals surface area contributed by atoms with E-state index in [0.29, 0.717) is 12.0 Å². The van der Waals surface area contributed by atoms with Crippen LogP contribution >= 0.6 is 0 Å². The lowest BCUT2D eigenvalue weighted by Gasteiger charge is -2.23. The van der Waals surface area contributed by atoms with Crippen LogP contribution < -0.4 is 10.1 Å². The van der Waals surface area contributed by atoms with Gasteiger partial charge in [-0.15, -0.1) is 0 Å². The Balaban J connectivity index is 2.72. The largest absolute Gasteiger partial charge is 0.489 e. The van der Waals surface area contributed by atoms with Gasteiger partial charge in [0.1, 0.15) is 11.9 Å². The fraction of sp³-hybridized carbons (Fsp3) is 0.647. The summed E-state index contributed by atoms with van der Waals surface area (Å²) in [7, 11) is 0. The van der Waals surface area contributed by atoms with Gasteiger partial charge in [-0.25, -0.2) is 0 Å². The van der Waals surface area contributed by atoms with E-state index >= 15 is 0 Å². The Bertz CT molecular complexity index is 360. The van der Waals surface area contributed by atoms with Gasteiger partial charge in [-0.1, -0.05) is 59.2 Å². The van der Waals surface area contributed by atoms with E-state index in [4.69, 9.17) is 4.74 Å². The first-order valence-electron chi connectivity index (χ1n) is 7.53. The van der Waals surface area contributed by atoms with Crippen LogP contribution in [-0.2, 0) is 0 Å². The molecule has 1 atom stereocenters. The zero-order valence-electron chi connectivity index (χ0n) is 13.1. The molecule has 0 fully saturated rings. The Morgan fingerprint density at radius 3 is 2.37 bits per heavy atom. The van der Waals surface area contributed by atoms with Gasteiger partial charge in [-0.05, 0) is 24.0 Å². The predicted molar refractivity (Wildman–Crippen MR) is 83.0 cm³/mol. The van der Waals surface area contributed by atoms with Gasteiger partial charge >= 0.3 is 0 Å². The maximum Gasteiger partial charge on any atom is 0.123 e. The van der Waals surface area contributed by atoms with E-state index in [1.54, 1.807) is 0 Å². The monoisotopic (exact) mass is 263 g/mol. The van der Waals surface area contributed by atoms with Crippen molar-refractivity contribution < 1.29 is 4.74 Å². The summed E-state index contributed by atoms with van der Waals surface area (Å²) in [5, 5.41) is 3.47. The van der Waals surface area contributed by atoms with Crippen LogP contribution in [0.25, 0.3) is 0 Å². The number of hydrogen-bond donors (Lipinski definition) is 1. The number of para-hydroxylation sites is 1. The second-order valence-corrected chi connectivity index (χ2v) is 5.78. The van der Waals surface area contributed by atoms with Crippen LogP contribution in [0.5, 0.6) is 5.75 Å². The summed E-state index contributed by atoms with van der Waals surface area (Å²) in [6.45, 7) is 11.9. The molecule has 1 N–H and O–H groups in total. The Labute approximate surface area is 118 Å². The first-order valence-corrected chi connectivity index (χ1v) is 7.53. The molecule has 0 aliphatic rings. The van der Waals surface area contributed by atoms with Gasteiger partial charge in [-0.2, -0.15) is 0 Å². The zero-order chi connectivity index (χ0) is 14.3. The summed E-state index contributed by atoms with van der Waals surface area (Å²) in [5.74, 6) is 1.54.